The summed E-state index contributed by atoms with van der Waals surface area (Å²) in [4.78, 5) is 20.7. The fraction of sp³-hybridized carbons (Fsp3) is 0.389. The van der Waals surface area contributed by atoms with Gasteiger partial charge in [-0.3, -0.25) is 14.4 Å². The molecule has 2 rings (SSSR count). The Hall–Kier alpha value is -2.25. The summed E-state index contributed by atoms with van der Waals surface area (Å²) in [6.07, 6.45) is 1.53. The van der Waals surface area contributed by atoms with Crippen LogP contribution in [0.15, 0.2) is 46.6 Å². The van der Waals surface area contributed by atoms with Gasteiger partial charge in [-0.1, -0.05) is 26.2 Å². The van der Waals surface area contributed by atoms with Gasteiger partial charge in [0, 0.05) is 20.4 Å². The molecular formula is C18H26N4O2Si. The molecule has 1 aromatic carbocycles. The number of benzene rings is 1. The second-order valence-corrected chi connectivity index (χ2v) is 12.8. The fourth-order valence-electron chi connectivity index (χ4n) is 2.16. The molecule has 0 fully saturated rings. The molecule has 6 nitrogen and oxygen atoms in total. The van der Waals surface area contributed by atoms with Crippen LogP contribution in [-0.2, 0) is 11.5 Å². The maximum Gasteiger partial charge on any atom is 0.263 e. The molecular weight excluding hydrogens is 332 g/mol. The first-order valence-electron chi connectivity index (χ1n) is 8.25. The van der Waals surface area contributed by atoms with E-state index in [1.54, 1.807) is 6.07 Å². The van der Waals surface area contributed by atoms with Crippen molar-refractivity contribution in [3.05, 3.63) is 47.2 Å². The summed E-state index contributed by atoms with van der Waals surface area (Å²) in [6, 6.07) is 6.53. The standard InChI is InChI=1S/C18H26N4O2Si/c1-14(19-2)11-20-15-6-7-16-17(10-15)21-12-22(18(16)23)13-24-8-9-25(3,4)5/h6-7,10,12,20H,1-2,8-9,11,13H2,3-5H3. The molecule has 2 aromatic rings. The summed E-state index contributed by atoms with van der Waals surface area (Å²) >= 11 is 0. The van der Waals surface area contributed by atoms with Gasteiger partial charge in [0.15, 0.2) is 0 Å². The lowest BCUT2D eigenvalue weighted by Gasteiger charge is -2.15. The fourth-order valence-corrected chi connectivity index (χ4v) is 2.92. The maximum absolute atomic E-state index is 12.5. The molecule has 0 saturated carbocycles. The van der Waals surface area contributed by atoms with Gasteiger partial charge < -0.3 is 10.1 Å². The Morgan fingerprint density at radius 2 is 2.16 bits per heavy atom. The third-order valence-electron chi connectivity index (χ3n) is 3.77. The number of fused-ring (bicyclic) bond motifs is 1. The number of aromatic nitrogens is 2. The Labute approximate surface area is 149 Å². The minimum Gasteiger partial charge on any atom is -0.379 e. The number of nitrogens with one attached hydrogen (secondary N) is 1. The molecule has 0 spiro atoms. The molecule has 0 amide bonds. The Balaban J connectivity index is 2.07. The first kappa shape index (κ1) is 19.1. The van der Waals surface area contributed by atoms with Gasteiger partial charge in [0.1, 0.15) is 13.1 Å². The van der Waals surface area contributed by atoms with Crippen molar-refractivity contribution in [2.75, 3.05) is 18.5 Å². The Kier molecular flexibility index (Phi) is 6.27. The van der Waals surface area contributed by atoms with E-state index in [0.717, 1.165) is 11.7 Å². The molecule has 0 aliphatic carbocycles. The molecule has 134 valence electrons. The average Bonchev–Trinajstić information content (AvgIpc) is 2.57. The molecule has 0 saturated heterocycles. The first-order chi connectivity index (χ1) is 11.8. The number of ether oxygens (including phenoxy) is 1. The molecule has 1 N–H and O–H groups in total. The molecule has 0 aliphatic rings. The molecule has 1 heterocycles. The van der Waals surface area contributed by atoms with E-state index in [9.17, 15) is 4.79 Å². The zero-order valence-corrected chi connectivity index (χ0v) is 16.2. The van der Waals surface area contributed by atoms with Crippen LogP contribution >= 0.6 is 0 Å². The van der Waals surface area contributed by atoms with E-state index >= 15 is 0 Å². The monoisotopic (exact) mass is 358 g/mol. The van der Waals surface area contributed by atoms with E-state index in [-0.39, 0.29) is 12.3 Å². The van der Waals surface area contributed by atoms with Crippen molar-refractivity contribution in [3.8, 4) is 0 Å². The zero-order valence-electron chi connectivity index (χ0n) is 15.2. The lowest BCUT2D eigenvalue weighted by Crippen LogP contribution is -2.25. The van der Waals surface area contributed by atoms with Crippen LogP contribution in [-0.4, -0.2) is 37.5 Å². The van der Waals surface area contributed by atoms with Gasteiger partial charge >= 0.3 is 0 Å². The summed E-state index contributed by atoms with van der Waals surface area (Å²) in [5.74, 6) is 0. The van der Waals surface area contributed by atoms with Crippen LogP contribution in [0, 0.1) is 0 Å². The smallest absolute Gasteiger partial charge is 0.263 e. The number of rotatable bonds is 9. The van der Waals surface area contributed by atoms with Gasteiger partial charge in [0.05, 0.1) is 23.1 Å². The molecule has 0 aliphatic heterocycles. The summed E-state index contributed by atoms with van der Waals surface area (Å²) in [5.41, 5.74) is 2.06. The predicted octanol–water partition coefficient (Wildman–Crippen LogP) is 3.34. The van der Waals surface area contributed by atoms with E-state index in [0.29, 0.717) is 29.8 Å². The van der Waals surface area contributed by atoms with Crippen molar-refractivity contribution in [2.45, 2.75) is 32.4 Å². The van der Waals surface area contributed by atoms with Crippen LogP contribution in [0.2, 0.25) is 25.7 Å². The molecule has 1 aromatic heterocycles. The lowest BCUT2D eigenvalue weighted by molar-refractivity contribution is 0.0844. The van der Waals surface area contributed by atoms with Crippen LogP contribution in [0.3, 0.4) is 0 Å². The third kappa shape index (κ3) is 5.65. The summed E-state index contributed by atoms with van der Waals surface area (Å²) in [7, 11) is -1.13. The highest BCUT2D eigenvalue weighted by atomic mass is 28.3. The number of hydrogen-bond donors (Lipinski definition) is 1. The van der Waals surface area contributed by atoms with Gasteiger partial charge in [-0.25, -0.2) is 4.98 Å². The molecule has 25 heavy (non-hydrogen) atoms. The topological polar surface area (TPSA) is 68.5 Å². The summed E-state index contributed by atoms with van der Waals surface area (Å²) in [6.45, 7) is 15.5. The molecule has 7 heteroatoms. The second-order valence-electron chi connectivity index (χ2n) is 7.18. The Morgan fingerprint density at radius 1 is 1.40 bits per heavy atom. The third-order valence-corrected chi connectivity index (χ3v) is 5.48. The number of aliphatic imine (C=N–C) groups is 1. The maximum atomic E-state index is 12.5. The second kappa shape index (κ2) is 8.22. The summed E-state index contributed by atoms with van der Waals surface area (Å²) < 4.78 is 7.15. The van der Waals surface area contributed by atoms with Crippen LogP contribution in [0.25, 0.3) is 10.9 Å². The molecule has 0 atom stereocenters. The quantitative estimate of drug-likeness (QED) is 0.424. The van der Waals surface area contributed by atoms with Crippen molar-refractivity contribution in [1.82, 2.24) is 9.55 Å². The highest BCUT2D eigenvalue weighted by Gasteiger charge is 2.12. The van der Waals surface area contributed by atoms with Crippen molar-refractivity contribution in [3.63, 3.8) is 0 Å². The minimum atomic E-state index is -1.13. The molecule has 0 bridgehead atoms. The van der Waals surface area contributed by atoms with E-state index in [1.807, 2.05) is 12.1 Å². The van der Waals surface area contributed by atoms with Gasteiger partial charge in [-0.2, -0.15) is 0 Å². The van der Waals surface area contributed by atoms with Crippen LogP contribution in [0.4, 0.5) is 5.69 Å². The van der Waals surface area contributed by atoms with Crippen molar-refractivity contribution in [1.29, 1.82) is 0 Å². The SMILES string of the molecule is C=NC(=C)CNc1ccc2c(=O)n(COCC[Si](C)(C)C)cnc2c1. The van der Waals surface area contributed by atoms with Crippen LogP contribution in [0.1, 0.15) is 0 Å². The van der Waals surface area contributed by atoms with Crippen LogP contribution in [0.5, 0.6) is 0 Å². The highest BCUT2D eigenvalue weighted by molar-refractivity contribution is 6.76. The highest BCUT2D eigenvalue weighted by Crippen LogP contribution is 2.15. The van der Waals surface area contributed by atoms with E-state index in [2.05, 4.69) is 48.2 Å². The predicted molar refractivity (Wildman–Crippen MR) is 107 cm³/mol. The molecule has 0 radical (unpaired) electrons. The van der Waals surface area contributed by atoms with Gasteiger partial charge in [0.25, 0.3) is 5.56 Å². The van der Waals surface area contributed by atoms with E-state index in [1.165, 1.54) is 10.9 Å². The van der Waals surface area contributed by atoms with Gasteiger partial charge in [-0.05, 0) is 31.0 Å². The van der Waals surface area contributed by atoms with Crippen LogP contribution < -0.4 is 10.9 Å². The zero-order chi connectivity index (χ0) is 18.4. The minimum absolute atomic E-state index is 0.0956. The van der Waals surface area contributed by atoms with Gasteiger partial charge in [0.2, 0.25) is 0 Å². The number of hydrogen-bond acceptors (Lipinski definition) is 5. The Morgan fingerprint density at radius 3 is 2.84 bits per heavy atom. The number of anilines is 1. The summed E-state index contributed by atoms with van der Waals surface area (Å²) in [5, 5.41) is 3.75. The average molecular weight is 359 g/mol. The lowest BCUT2D eigenvalue weighted by atomic mass is 10.2. The van der Waals surface area contributed by atoms with Gasteiger partial charge in [-0.15, -0.1) is 0 Å². The first-order valence-corrected chi connectivity index (χ1v) is 12.0. The van der Waals surface area contributed by atoms with Crippen molar-refractivity contribution >= 4 is 31.4 Å². The van der Waals surface area contributed by atoms with Crippen molar-refractivity contribution < 1.29 is 4.74 Å². The molecule has 0 unspecified atom stereocenters. The largest absolute Gasteiger partial charge is 0.379 e. The van der Waals surface area contributed by atoms with E-state index < -0.39 is 8.07 Å². The number of nitrogens with zero attached hydrogens (tertiary/aromatic N) is 3. The van der Waals surface area contributed by atoms with Crippen molar-refractivity contribution in [2.24, 2.45) is 4.99 Å². The van der Waals surface area contributed by atoms with E-state index in [4.69, 9.17) is 4.74 Å². The normalized spacial score (nSPS) is 11.5. The Bertz CT molecular complexity index is 824.